The van der Waals surface area contributed by atoms with E-state index in [9.17, 15) is 0 Å². The number of anilines is 3. The Morgan fingerprint density at radius 3 is 1.42 bits per heavy atom. The number of aromatic nitrogens is 3. The van der Waals surface area contributed by atoms with E-state index in [4.69, 9.17) is 9.97 Å². The Morgan fingerprint density at radius 2 is 0.797 bits per heavy atom. The van der Waals surface area contributed by atoms with Crippen LogP contribution in [0.15, 0.2) is 261 Å². The van der Waals surface area contributed by atoms with Crippen LogP contribution in [-0.4, -0.2) is 14.5 Å². The van der Waals surface area contributed by atoms with Crippen LogP contribution in [0.5, 0.6) is 0 Å². The number of rotatable bonds is 10. The van der Waals surface area contributed by atoms with E-state index in [1.165, 1.54) is 44.2 Å². The molecule has 2 heterocycles. The molecule has 0 saturated carbocycles. The average Bonchev–Trinajstić information content (AvgIpc) is 3.76. The van der Waals surface area contributed by atoms with Crippen LogP contribution < -0.4 is 4.90 Å². The van der Waals surface area contributed by atoms with Gasteiger partial charge in [0.15, 0.2) is 5.82 Å². The SMILES string of the molecule is Cc1ccccc1N(c1ccc(-c2ccc3c(c2)c2ccccc2n3-c2ccc(-c3cc(-c4ccccc4)nc(-c4ccccc4)n3)cc2)cc1)c1cc(-c2ccccc2)cc(-c2ccccc2)c1. The Bertz CT molecular complexity index is 3640. The quantitative estimate of drug-likeness (QED) is 0.137. The maximum atomic E-state index is 5.09. The summed E-state index contributed by atoms with van der Waals surface area (Å²) in [7, 11) is 0. The molecule has 0 unspecified atom stereocenters. The molecule has 0 N–H and O–H groups in total. The molecule has 2 aromatic heterocycles. The molecule has 0 aliphatic carbocycles. The van der Waals surface area contributed by atoms with Crippen molar-refractivity contribution in [3.63, 3.8) is 0 Å². The second-order valence-electron chi connectivity index (χ2n) is 17.5. The molecular weight excluding hydrogens is 837 g/mol. The molecule has 0 aliphatic heterocycles. The maximum absolute atomic E-state index is 5.09. The molecule has 0 aliphatic rings. The first kappa shape index (κ1) is 41.3. The molecule has 12 aromatic rings. The molecule has 0 radical (unpaired) electrons. The number of para-hydroxylation sites is 2. The van der Waals surface area contributed by atoms with Gasteiger partial charge in [-0.25, -0.2) is 9.97 Å². The van der Waals surface area contributed by atoms with Gasteiger partial charge in [0.25, 0.3) is 0 Å². The number of hydrogen-bond donors (Lipinski definition) is 0. The van der Waals surface area contributed by atoms with Crippen LogP contribution in [0, 0.1) is 6.92 Å². The van der Waals surface area contributed by atoms with E-state index in [0.717, 1.165) is 67.4 Å². The third-order valence-corrected chi connectivity index (χ3v) is 13.1. The molecule has 0 amide bonds. The van der Waals surface area contributed by atoms with E-state index < -0.39 is 0 Å². The van der Waals surface area contributed by atoms with Crippen LogP contribution in [-0.2, 0) is 0 Å². The van der Waals surface area contributed by atoms with Gasteiger partial charge in [-0.05, 0) is 119 Å². The van der Waals surface area contributed by atoms with Crippen LogP contribution in [0.3, 0.4) is 0 Å². The van der Waals surface area contributed by atoms with Gasteiger partial charge in [-0.15, -0.1) is 0 Å². The molecule has 0 saturated heterocycles. The fourth-order valence-corrected chi connectivity index (χ4v) is 9.66. The molecule has 0 fully saturated rings. The molecule has 4 heteroatoms. The Kier molecular flexibility index (Phi) is 10.7. The van der Waals surface area contributed by atoms with Crippen LogP contribution in [0.4, 0.5) is 17.1 Å². The Morgan fingerprint density at radius 1 is 0.319 bits per heavy atom. The van der Waals surface area contributed by atoms with E-state index in [2.05, 4.69) is 241 Å². The summed E-state index contributed by atoms with van der Waals surface area (Å²) >= 11 is 0. The number of nitrogens with zero attached hydrogens (tertiary/aromatic N) is 4. The summed E-state index contributed by atoms with van der Waals surface area (Å²) in [5, 5.41) is 2.42. The summed E-state index contributed by atoms with van der Waals surface area (Å²) < 4.78 is 2.37. The van der Waals surface area contributed by atoms with Gasteiger partial charge < -0.3 is 9.47 Å². The van der Waals surface area contributed by atoms with Crippen molar-refractivity contribution in [2.24, 2.45) is 0 Å². The van der Waals surface area contributed by atoms with Crippen molar-refractivity contribution >= 4 is 38.9 Å². The lowest BCUT2D eigenvalue weighted by Crippen LogP contribution is -2.11. The van der Waals surface area contributed by atoms with Gasteiger partial charge in [0.2, 0.25) is 0 Å². The number of hydrogen-bond acceptors (Lipinski definition) is 3. The molecule has 69 heavy (non-hydrogen) atoms. The highest BCUT2D eigenvalue weighted by molar-refractivity contribution is 6.10. The van der Waals surface area contributed by atoms with E-state index in [1.54, 1.807) is 0 Å². The lowest BCUT2D eigenvalue weighted by atomic mass is 9.97. The van der Waals surface area contributed by atoms with Gasteiger partial charge >= 0.3 is 0 Å². The van der Waals surface area contributed by atoms with Crippen LogP contribution in [0.2, 0.25) is 0 Å². The molecule has 0 spiro atoms. The van der Waals surface area contributed by atoms with Crippen molar-refractivity contribution < 1.29 is 0 Å². The first-order valence-corrected chi connectivity index (χ1v) is 23.5. The standard InChI is InChI=1S/C65H46N4/c1-45-18-14-16-28-62(45)68(57-41-53(46-19-6-2-7-20-46)40-54(42-57)47-21-8-3-9-22-47)55-35-30-48(31-36-55)52-34-39-64-59(43-52)58-27-15-17-29-63(58)69(64)56-37-32-50(33-38-56)61-44-60(49-23-10-4-11-24-49)66-65(67-61)51-25-12-5-13-26-51/h2-44H,1H3. The smallest absolute Gasteiger partial charge is 0.160 e. The van der Waals surface area contributed by atoms with Gasteiger partial charge in [0, 0.05) is 50.2 Å². The van der Waals surface area contributed by atoms with E-state index in [1.807, 2.05) is 36.4 Å². The summed E-state index contributed by atoms with van der Waals surface area (Å²) in [5.41, 5.74) is 19.8. The third-order valence-electron chi connectivity index (χ3n) is 13.1. The molecule has 326 valence electrons. The monoisotopic (exact) mass is 882 g/mol. The summed E-state index contributed by atoms with van der Waals surface area (Å²) in [6.07, 6.45) is 0. The second-order valence-corrected chi connectivity index (χ2v) is 17.5. The van der Waals surface area contributed by atoms with Gasteiger partial charge in [-0.1, -0.05) is 188 Å². The Labute approximate surface area is 402 Å². The number of aryl methyl sites for hydroxylation is 1. The zero-order valence-electron chi connectivity index (χ0n) is 38.1. The van der Waals surface area contributed by atoms with Crippen molar-refractivity contribution in [2.75, 3.05) is 4.90 Å². The predicted molar refractivity (Wildman–Crippen MR) is 288 cm³/mol. The maximum Gasteiger partial charge on any atom is 0.160 e. The van der Waals surface area contributed by atoms with Crippen LogP contribution >= 0.6 is 0 Å². The molecule has 0 bridgehead atoms. The van der Waals surface area contributed by atoms with Gasteiger partial charge in [0.05, 0.1) is 22.4 Å². The van der Waals surface area contributed by atoms with Crippen molar-refractivity contribution in [1.29, 1.82) is 0 Å². The number of fused-ring (bicyclic) bond motifs is 3. The Balaban J connectivity index is 0.911. The van der Waals surface area contributed by atoms with Gasteiger partial charge in [-0.3, -0.25) is 0 Å². The zero-order valence-corrected chi connectivity index (χ0v) is 38.1. The lowest BCUT2D eigenvalue weighted by molar-refractivity contribution is 1.17. The van der Waals surface area contributed by atoms with Gasteiger partial charge in [-0.2, -0.15) is 0 Å². The molecule has 10 aromatic carbocycles. The molecule has 4 nitrogen and oxygen atoms in total. The summed E-state index contributed by atoms with van der Waals surface area (Å²) in [6.45, 7) is 2.19. The minimum Gasteiger partial charge on any atom is -0.310 e. The fraction of sp³-hybridized carbons (Fsp3) is 0.0154. The van der Waals surface area contributed by atoms with Crippen molar-refractivity contribution in [3.05, 3.63) is 266 Å². The number of benzene rings is 10. The minimum absolute atomic E-state index is 0.707. The van der Waals surface area contributed by atoms with Crippen molar-refractivity contribution in [1.82, 2.24) is 14.5 Å². The highest BCUT2D eigenvalue weighted by atomic mass is 15.1. The first-order chi connectivity index (χ1) is 34.1. The highest BCUT2D eigenvalue weighted by Crippen LogP contribution is 2.42. The van der Waals surface area contributed by atoms with Crippen molar-refractivity contribution in [2.45, 2.75) is 6.92 Å². The molecule has 0 atom stereocenters. The lowest BCUT2D eigenvalue weighted by Gasteiger charge is -2.28. The van der Waals surface area contributed by atoms with Crippen LogP contribution in [0.1, 0.15) is 5.56 Å². The largest absolute Gasteiger partial charge is 0.310 e. The summed E-state index contributed by atoms with van der Waals surface area (Å²) in [5.74, 6) is 0.707. The van der Waals surface area contributed by atoms with E-state index in [-0.39, 0.29) is 0 Å². The third kappa shape index (κ3) is 8.04. The topological polar surface area (TPSA) is 34.0 Å². The van der Waals surface area contributed by atoms with E-state index >= 15 is 0 Å². The average molecular weight is 883 g/mol. The summed E-state index contributed by atoms with van der Waals surface area (Å²) in [6, 6.07) is 93.0. The normalized spacial score (nSPS) is 11.3. The zero-order chi connectivity index (χ0) is 46.1. The summed E-state index contributed by atoms with van der Waals surface area (Å²) in [4.78, 5) is 12.5. The molecular formula is C65H46N4. The van der Waals surface area contributed by atoms with Crippen LogP contribution in [0.25, 0.3) is 94.8 Å². The van der Waals surface area contributed by atoms with E-state index in [0.29, 0.717) is 5.82 Å². The minimum atomic E-state index is 0.707. The van der Waals surface area contributed by atoms with Gasteiger partial charge in [0.1, 0.15) is 0 Å². The molecule has 12 rings (SSSR count). The first-order valence-electron chi connectivity index (χ1n) is 23.5. The Hall–Kier alpha value is -9.12. The predicted octanol–water partition coefficient (Wildman–Crippen LogP) is 17.4. The fourth-order valence-electron chi connectivity index (χ4n) is 9.66. The highest BCUT2D eigenvalue weighted by Gasteiger charge is 2.19. The second kappa shape index (κ2) is 17.9. The van der Waals surface area contributed by atoms with Crippen molar-refractivity contribution in [3.8, 4) is 73.0 Å².